The largest absolute Gasteiger partial charge is 0.473 e. The molecule has 2 unspecified atom stereocenters. The van der Waals surface area contributed by atoms with E-state index in [0.717, 1.165) is 24.9 Å². The summed E-state index contributed by atoms with van der Waals surface area (Å²) in [7, 11) is 0. The van der Waals surface area contributed by atoms with E-state index in [2.05, 4.69) is 47.9 Å². The van der Waals surface area contributed by atoms with Crippen molar-refractivity contribution in [2.75, 3.05) is 26.2 Å². The Morgan fingerprint density at radius 3 is 1.96 bits per heavy atom. The van der Waals surface area contributed by atoms with Crippen LogP contribution in [0.1, 0.15) is 50.7 Å². The van der Waals surface area contributed by atoms with Crippen LogP contribution in [0.25, 0.3) is 0 Å². The summed E-state index contributed by atoms with van der Waals surface area (Å²) in [5.74, 6) is -2.74. The maximum Gasteiger partial charge on any atom is 0.414 e. The minimum absolute atomic E-state index is 0.861. The number of hydrogen-bond donors (Lipinski definition) is 2. The van der Waals surface area contributed by atoms with E-state index < -0.39 is 11.9 Å². The molecule has 1 saturated carbocycles. The zero-order chi connectivity index (χ0) is 20.5. The highest BCUT2D eigenvalue weighted by atomic mass is 16.4. The lowest BCUT2D eigenvalue weighted by Crippen LogP contribution is -2.52. The highest BCUT2D eigenvalue weighted by molar-refractivity contribution is 6.27. The first-order valence-electron chi connectivity index (χ1n) is 10.4. The predicted octanol–water partition coefficient (Wildman–Crippen LogP) is 3.10. The zero-order valence-corrected chi connectivity index (χ0v) is 17.1. The van der Waals surface area contributed by atoms with Crippen LogP contribution >= 0.6 is 0 Å². The van der Waals surface area contributed by atoms with Gasteiger partial charge in [-0.25, -0.2) is 9.59 Å². The monoisotopic (exact) mass is 390 g/mol. The predicted molar refractivity (Wildman–Crippen MR) is 109 cm³/mol. The van der Waals surface area contributed by atoms with Crippen LogP contribution in [-0.4, -0.2) is 64.2 Å². The fraction of sp³-hybridized carbons (Fsp3) is 0.636. The van der Waals surface area contributed by atoms with Crippen LogP contribution in [0.2, 0.25) is 0 Å². The van der Waals surface area contributed by atoms with Gasteiger partial charge in [0.25, 0.3) is 0 Å². The normalized spacial score (nSPS) is 23.5. The van der Waals surface area contributed by atoms with Crippen LogP contribution in [0.4, 0.5) is 0 Å². The maximum atomic E-state index is 9.10. The van der Waals surface area contributed by atoms with Crippen molar-refractivity contribution in [2.24, 2.45) is 5.92 Å². The van der Waals surface area contributed by atoms with Crippen molar-refractivity contribution in [3.63, 3.8) is 0 Å². The summed E-state index contributed by atoms with van der Waals surface area (Å²) in [6.07, 6.45) is 6.90. The van der Waals surface area contributed by atoms with E-state index >= 15 is 0 Å². The van der Waals surface area contributed by atoms with Gasteiger partial charge in [0.15, 0.2) is 0 Å². The number of nitrogens with zero attached hydrogens (tertiary/aromatic N) is 2. The Kier molecular flexibility index (Phi) is 8.93. The Bertz CT molecular complexity index is 612. The van der Waals surface area contributed by atoms with Gasteiger partial charge in [0.2, 0.25) is 0 Å². The molecule has 1 saturated heterocycles. The number of benzene rings is 1. The first-order valence-corrected chi connectivity index (χ1v) is 10.4. The van der Waals surface area contributed by atoms with E-state index in [1.807, 2.05) is 0 Å². The molecule has 3 rings (SSSR count). The lowest BCUT2D eigenvalue weighted by atomic mass is 9.84. The van der Waals surface area contributed by atoms with Gasteiger partial charge >= 0.3 is 11.9 Å². The van der Waals surface area contributed by atoms with E-state index in [0.29, 0.717) is 0 Å². The number of piperazine rings is 1. The summed E-state index contributed by atoms with van der Waals surface area (Å²) >= 11 is 0. The van der Waals surface area contributed by atoms with Crippen molar-refractivity contribution in [3.05, 3.63) is 35.4 Å². The molecule has 2 fully saturated rings. The maximum absolute atomic E-state index is 9.10. The van der Waals surface area contributed by atoms with Crippen molar-refractivity contribution in [1.82, 2.24) is 9.80 Å². The van der Waals surface area contributed by atoms with E-state index in [-0.39, 0.29) is 0 Å². The zero-order valence-electron chi connectivity index (χ0n) is 17.1. The molecular weight excluding hydrogens is 356 g/mol. The minimum Gasteiger partial charge on any atom is -0.473 e. The van der Waals surface area contributed by atoms with Crippen molar-refractivity contribution in [2.45, 2.75) is 58.5 Å². The van der Waals surface area contributed by atoms with Crippen LogP contribution < -0.4 is 0 Å². The fourth-order valence-corrected chi connectivity index (χ4v) is 4.23. The van der Waals surface area contributed by atoms with E-state index in [1.165, 1.54) is 63.0 Å². The summed E-state index contributed by atoms with van der Waals surface area (Å²) in [4.78, 5) is 23.6. The number of carboxylic acid groups (broad SMARTS) is 2. The molecule has 0 radical (unpaired) electrons. The smallest absolute Gasteiger partial charge is 0.414 e. The number of hydrogen-bond acceptors (Lipinski definition) is 4. The number of carbonyl (C=O) groups is 2. The van der Waals surface area contributed by atoms with E-state index in [4.69, 9.17) is 19.8 Å². The van der Waals surface area contributed by atoms with Crippen LogP contribution in [0.3, 0.4) is 0 Å². The van der Waals surface area contributed by atoms with Crippen LogP contribution in [0.15, 0.2) is 24.3 Å². The van der Waals surface area contributed by atoms with Crippen LogP contribution in [0.5, 0.6) is 0 Å². The minimum atomic E-state index is -1.82. The lowest BCUT2D eigenvalue weighted by molar-refractivity contribution is -0.159. The Labute approximate surface area is 168 Å². The highest BCUT2D eigenvalue weighted by Crippen LogP contribution is 2.28. The van der Waals surface area contributed by atoms with Gasteiger partial charge < -0.3 is 10.2 Å². The molecule has 1 aliphatic heterocycles. The highest BCUT2D eigenvalue weighted by Gasteiger charge is 2.29. The molecule has 1 aliphatic carbocycles. The summed E-state index contributed by atoms with van der Waals surface area (Å²) < 4.78 is 0. The summed E-state index contributed by atoms with van der Waals surface area (Å²) in [6, 6.07) is 10.1. The Hall–Kier alpha value is -1.92. The van der Waals surface area contributed by atoms with Crippen molar-refractivity contribution < 1.29 is 19.8 Å². The first-order chi connectivity index (χ1) is 13.4. The quantitative estimate of drug-likeness (QED) is 0.769. The number of aryl methyl sites for hydroxylation is 1. The average Bonchev–Trinajstić information content (AvgIpc) is 2.70. The van der Waals surface area contributed by atoms with Gasteiger partial charge in [0.05, 0.1) is 0 Å². The van der Waals surface area contributed by atoms with E-state index in [9.17, 15) is 0 Å². The third kappa shape index (κ3) is 6.91. The Morgan fingerprint density at radius 2 is 1.46 bits per heavy atom. The van der Waals surface area contributed by atoms with Gasteiger partial charge in [-0.05, 0) is 36.3 Å². The molecule has 6 nitrogen and oxygen atoms in total. The lowest BCUT2D eigenvalue weighted by Gasteiger charge is -2.43. The standard InChI is InChI=1S/C20H32N2.C2H2O4/c1-3-18-8-10-19(11-9-18)16-21-12-14-22(15-13-21)20-7-5-4-6-17(20)2;3-1(4)2(5)6/h8-11,17,20H,3-7,12-16H2,1-2H3;(H,3,4)(H,5,6). The second-order valence-electron chi connectivity index (χ2n) is 7.92. The average molecular weight is 391 g/mol. The number of carboxylic acids is 2. The third-order valence-electron chi connectivity index (χ3n) is 5.96. The summed E-state index contributed by atoms with van der Waals surface area (Å²) in [5.41, 5.74) is 2.91. The van der Waals surface area contributed by atoms with Crippen molar-refractivity contribution >= 4 is 11.9 Å². The molecule has 1 aromatic carbocycles. The first kappa shape index (κ1) is 22.4. The SMILES string of the molecule is CCc1ccc(CN2CCN(C3CCCCC3C)CC2)cc1.O=C(O)C(=O)O. The molecule has 0 aromatic heterocycles. The molecule has 2 atom stereocenters. The van der Waals surface area contributed by atoms with Crippen molar-refractivity contribution in [1.29, 1.82) is 0 Å². The molecule has 28 heavy (non-hydrogen) atoms. The third-order valence-corrected chi connectivity index (χ3v) is 5.96. The van der Waals surface area contributed by atoms with Crippen molar-refractivity contribution in [3.8, 4) is 0 Å². The van der Waals surface area contributed by atoms with Crippen LogP contribution in [0, 0.1) is 5.92 Å². The van der Waals surface area contributed by atoms with Gasteiger partial charge in [-0.3, -0.25) is 9.80 Å². The van der Waals surface area contributed by atoms with Gasteiger partial charge in [0, 0.05) is 38.8 Å². The van der Waals surface area contributed by atoms with E-state index in [1.54, 1.807) is 0 Å². The molecule has 1 heterocycles. The Balaban J connectivity index is 0.000000409. The van der Waals surface area contributed by atoms with Gasteiger partial charge in [0.1, 0.15) is 0 Å². The fourth-order valence-electron chi connectivity index (χ4n) is 4.23. The molecule has 0 bridgehead atoms. The topological polar surface area (TPSA) is 81.1 Å². The molecule has 0 spiro atoms. The summed E-state index contributed by atoms with van der Waals surface area (Å²) in [5, 5.41) is 14.8. The molecule has 2 aliphatic rings. The Morgan fingerprint density at radius 1 is 0.929 bits per heavy atom. The molecule has 2 N–H and O–H groups in total. The molecule has 1 aromatic rings. The van der Waals surface area contributed by atoms with Gasteiger partial charge in [-0.2, -0.15) is 0 Å². The molecule has 0 amide bonds. The van der Waals surface area contributed by atoms with Crippen LogP contribution in [-0.2, 0) is 22.6 Å². The van der Waals surface area contributed by atoms with Gasteiger partial charge in [-0.15, -0.1) is 0 Å². The number of rotatable bonds is 4. The second-order valence-corrected chi connectivity index (χ2v) is 7.92. The molecule has 156 valence electrons. The molecular formula is C22H34N2O4. The van der Waals surface area contributed by atoms with Gasteiger partial charge in [-0.1, -0.05) is 51.0 Å². The molecule has 6 heteroatoms. The number of aliphatic carboxylic acids is 2. The second kappa shape index (κ2) is 11.2. The summed E-state index contributed by atoms with van der Waals surface area (Å²) in [6.45, 7) is 10.8.